The van der Waals surface area contributed by atoms with Gasteiger partial charge in [0.15, 0.2) is 6.29 Å². The lowest BCUT2D eigenvalue weighted by Crippen LogP contribution is -2.19. The first-order valence-electron chi connectivity index (χ1n) is 6.02. The highest BCUT2D eigenvalue weighted by atomic mass is 35.5. The van der Waals surface area contributed by atoms with Crippen molar-refractivity contribution in [2.24, 2.45) is 5.92 Å². The van der Waals surface area contributed by atoms with Crippen LogP contribution in [0.5, 0.6) is 0 Å². The third kappa shape index (κ3) is 1.77. The fourth-order valence-electron chi connectivity index (χ4n) is 2.50. The molecule has 88 valence electrons. The average Bonchev–Trinajstić information content (AvgIpc) is 2.63. The number of fused-ring (bicyclic) bond motifs is 1. The molecule has 0 unspecified atom stereocenters. The topological polar surface area (TPSA) is 22.0 Å². The van der Waals surface area contributed by atoms with Gasteiger partial charge in [-0.1, -0.05) is 24.1 Å². The second kappa shape index (κ2) is 4.19. The van der Waals surface area contributed by atoms with E-state index >= 15 is 0 Å². The zero-order valence-corrected chi connectivity index (χ0v) is 10.3. The Hall–Kier alpha value is -1.28. The number of hydrogen-bond acceptors (Lipinski definition) is 1. The molecule has 0 amide bonds. The molecule has 0 aliphatic heterocycles. The van der Waals surface area contributed by atoms with E-state index in [2.05, 4.69) is 4.57 Å². The van der Waals surface area contributed by atoms with E-state index in [-0.39, 0.29) is 0 Å². The van der Waals surface area contributed by atoms with Gasteiger partial charge in [0.1, 0.15) is 0 Å². The normalized spacial score (nSPS) is 16.1. The predicted octanol–water partition coefficient (Wildman–Crippen LogP) is 3.91. The molecule has 0 radical (unpaired) electrons. The molecular formula is C14H14ClNO. The summed E-state index contributed by atoms with van der Waals surface area (Å²) in [5.74, 6) is 0.725. The van der Waals surface area contributed by atoms with Crippen molar-refractivity contribution in [3.63, 3.8) is 0 Å². The van der Waals surface area contributed by atoms with Crippen molar-refractivity contribution >= 4 is 28.8 Å². The lowest BCUT2D eigenvalue weighted by atomic mass is 9.85. The maximum atomic E-state index is 11.1. The number of halogens is 1. The molecule has 2 aromatic rings. The van der Waals surface area contributed by atoms with Crippen LogP contribution in [-0.2, 0) is 6.54 Å². The minimum absolute atomic E-state index is 0.720. The third-order valence-electron chi connectivity index (χ3n) is 3.71. The standard InChI is InChI=1S/C14H14ClNO/c15-13-5-2-6-14-12(13)7-11(9-17)16(14)8-10-3-1-4-10/h2,5-7,9-10H,1,3-4,8H2. The predicted molar refractivity (Wildman–Crippen MR) is 69.7 cm³/mol. The molecule has 1 aromatic heterocycles. The van der Waals surface area contributed by atoms with Crippen LogP contribution in [0, 0.1) is 5.92 Å². The summed E-state index contributed by atoms with van der Waals surface area (Å²) < 4.78 is 2.11. The lowest BCUT2D eigenvalue weighted by Gasteiger charge is -2.26. The van der Waals surface area contributed by atoms with Crippen LogP contribution in [0.15, 0.2) is 24.3 Å². The first kappa shape index (κ1) is 10.8. The zero-order valence-electron chi connectivity index (χ0n) is 9.53. The van der Waals surface area contributed by atoms with Crippen molar-refractivity contribution in [3.05, 3.63) is 35.0 Å². The van der Waals surface area contributed by atoms with Crippen LogP contribution in [0.3, 0.4) is 0 Å². The van der Waals surface area contributed by atoms with E-state index in [1.807, 2.05) is 24.3 Å². The Labute approximate surface area is 105 Å². The van der Waals surface area contributed by atoms with Crippen molar-refractivity contribution in [1.29, 1.82) is 0 Å². The fourth-order valence-corrected chi connectivity index (χ4v) is 2.73. The number of nitrogens with zero attached hydrogens (tertiary/aromatic N) is 1. The van der Waals surface area contributed by atoms with E-state index in [9.17, 15) is 4.79 Å². The molecule has 2 nitrogen and oxygen atoms in total. The smallest absolute Gasteiger partial charge is 0.166 e. The van der Waals surface area contributed by atoms with Crippen molar-refractivity contribution < 1.29 is 4.79 Å². The van der Waals surface area contributed by atoms with Gasteiger partial charge in [-0.25, -0.2) is 0 Å². The van der Waals surface area contributed by atoms with Gasteiger partial charge in [-0.15, -0.1) is 0 Å². The van der Waals surface area contributed by atoms with Crippen molar-refractivity contribution in [3.8, 4) is 0 Å². The Bertz CT molecular complexity index is 569. The zero-order chi connectivity index (χ0) is 11.8. The van der Waals surface area contributed by atoms with Gasteiger partial charge in [0.2, 0.25) is 0 Å². The maximum Gasteiger partial charge on any atom is 0.166 e. The van der Waals surface area contributed by atoms with Crippen LogP contribution in [0.1, 0.15) is 29.8 Å². The lowest BCUT2D eigenvalue weighted by molar-refractivity contribution is 0.111. The van der Waals surface area contributed by atoms with E-state index < -0.39 is 0 Å². The summed E-state index contributed by atoms with van der Waals surface area (Å²) in [6, 6.07) is 7.74. The molecule has 1 saturated carbocycles. The molecule has 3 rings (SSSR count). The molecule has 0 saturated heterocycles. The van der Waals surface area contributed by atoms with E-state index in [0.717, 1.165) is 40.4 Å². The number of carbonyl (C=O) groups is 1. The summed E-state index contributed by atoms with van der Waals surface area (Å²) in [5, 5.41) is 1.70. The summed E-state index contributed by atoms with van der Waals surface area (Å²) in [6.07, 6.45) is 4.80. The van der Waals surface area contributed by atoms with Crippen LogP contribution in [0.2, 0.25) is 5.02 Å². The average molecular weight is 248 g/mol. The first-order valence-corrected chi connectivity index (χ1v) is 6.40. The number of aromatic nitrogens is 1. The second-order valence-electron chi connectivity index (χ2n) is 4.77. The van der Waals surface area contributed by atoms with Gasteiger partial charge in [0, 0.05) is 17.0 Å². The van der Waals surface area contributed by atoms with E-state index in [1.54, 1.807) is 0 Å². The minimum Gasteiger partial charge on any atom is -0.338 e. The van der Waals surface area contributed by atoms with Crippen molar-refractivity contribution in [2.75, 3.05) is 0 Å². The maximum absolute atomic E-state index is 11.1. The Balaban J connectivity index is 2.12. The SMILES string of the molecule is O=Cc1cc2c(Cl)cccc2n1CC1CCC1. The largest absolute Gasteiger partial charge is 0.338 e. The molecule has 0 bridgehead atoms. The Morgan fingerprint density at radius 3 is 2.88 bits per heavy atom. The molecule has 1 aliphatic carbocycles. The molecule has 0 spiro atoms. The molecular weight excluding hydrogens is 234 g/mol. The highest BCUT2D eigenvalue weighted by molar-refractivity contribution is 6.35. The summed E-state index contributed by atoms with van der Waals surface area (Å²) in [6.45, 7) is 0.942. The minimum atomic E-state index is 0.720. The highest BCUT2D eigenvalue weighted by Crippen LogP contribution is 2.32. The van der Waals surface area contributed by atoms with Crippen molar-refractivity contribution in [1.82, 2.24) is 4.57 Å². The molecule has 1 fully saturated rings. The van der Waals surface area contributed by atoms with Gasteiger partial charge in [0.05, 0.1) is 11.2 Å². The van der Waals surface area contributed by atoms with Crippen LogP contribution in [-0.4, -0.2) is 10.9 Å². The third-order valence-corrected chi connectivity index (χ3v) is 4.04. The molecule has 1 heterocycles. The molecule has 17 heavy (non-hydrogen) atoms. The number of carbonyl (C=O) groups excluding carboxylic acids is 1. The molecule has 1 aromatic carbocycles. The molecule has 0 atom stereocenters. The van der Waals surface area contributed by atoms with Crippen LogP contribution < -0.4 is 0 Å². The van der Waals surface area contributed by atoms with Crippen LogP contribution in [0.25, 0.3) is 10.9 Å². The Kier molecular flexibility index (Phi) is 2.67. The van der Waals surface area contributed by atoms with E-state index in [0.29, 0.717) is 0 Å². The number of hydrogen-bond donors (Lipinski definition) is 0. The number of benzene rings is 1. The number of aldehydes is 1. The van der Waals surface area contributed by atoms with Gasteiger partial charge >= 0.3 is 0 Å². The Morgan fingerprint density at radius 2 is 2.24 bits per heavy atom. The van der Waals surface area contributed by atoms with E-state index in [4.69, 9.17) is 11.6 Å². The van der Waals surface area contributed by atoms with Gasteiger partial charge in [0.25, 0.3) is 0 Å². The second-order valence-corrected chi connectivity index (χ2v) is 5.17. The summed E-state index contributed by atoms with van der Waals surface area (Å²) >= 11 is 6.15. The van der Waals surface area contributed by atoms with Gasteiger partial charge < -0.3 is 4.57 Å². The summed E-state index contributed by atoms with van der Waals surface area (Å²) in [5.41, 5.74) is 1.81. The molecule has 0 N–H and O–H groups in total. The molecule has 1 aliphatic rings. The Morgan fingerprint density at radius 1 is 1.41 bits per heavy atom. The first-order chi connectivity index (χ1) is 8.29. The van der Waals surface area contributed by atoms with Gasteiger partial charge in [-0.3, -0.25) is 4.79 Å². The van der Waals surface area contributed by atoms with Crippen LogP contribution in [0.4, 0.5) is 0 Å². The summed E-state index contributed by atoms with van der Waals surface area (Å²) in [7, 11) is 0. The monoisotopic (exact) mass is 247 g/mol. The fraction of sp³-hybridized carbons (Fsp3) is 0.357. The highest BCUT2D eigenvalue weighted by Gasteiger charge is 2.20. The number of rotatable bonds is 3. The quantitative estimate of drug-likeness (QED) is 0.754. The molecule has 3 heteroatoms. The summed E-state index contributed by atoms with van der Waals surface area (Å²) in [4.78, 5) is 11.1. The van der Waals surface area contributed by atoms with Crippen LogP contribution >= 0.6 is 11.6 Å². The van der Waals surface area contributed by atoms with Gasteiger partial charge in [-0.2, -0.15) is 0 Å². The van der Waals surface area contributed by atoms with E-state index in [1.165, 1.54) is 19.3 Å². The van der Waals surface area contributed by atoms with Crippen molar-refractivity contribution in [2.45, 2.75) is 25.8 Å². The van der Waals surface area contributed by atoms with Gasteiger partial charge in [-0.05, 0) is 37.0 Å².